The fraction of sp³-hybridized carbons (Fsp3) is 0.389. The molecule has 1 aromatic heterocycles. The van der Waals surface area contributed by atoms with Crippen LogP contribution in [0.15, 0.2) is 48.7 Å². The van der Waals surface area contributed by atoms with Gasteiger partial charge >= 0.3 is 0 Å². The molecule has 0 spiro atoms. The van der Waals surface area contributed by atoms with Crippen LogP contribution in [0.4, 0.5) is 5.82 Å². The van der Waals surface area contributed by atoms with Crippen molar-refractivity contribution in [2.45, 2.75) is 12.3 Å². The normalized spacial score (nSPS) is 18.3. The molecule has 0 bridgehead atoms. The molecular formula is C18H23N3O. The molecular weight excluding hydrogens is 274 g/mol. The molecule has 4 heteroatoms. The summed E-state index contributed by atoms with van der Waals surface area (Å²) in [6.07, 6.45) is 3.01. The van der Waals surface area contributed by atoms with Crippen LogP contribution in [-0.4, -0.2) is 43.2 Å². The number of nitrogens with one attached hydrogen (secondary N) is 1. The molecule has 0 radical (unpaired) electrons. The molecule has 0 saturated carbocycles. The fourth-order valence-electron chi connectivity index (χ4n) is 3.10. The number of anilines is 1. The smallest absolute Gasteiger partial charge is 0.125 e. The highest BCUT2D eigenvalue weighted by Gasteiger charge is 2.25. The number of ether oxygens (including phenoxy) is 1. The van der Waals surface area contributed by atoms with E-state index in [9.17, 15) is 0 Å². The minimum atomic E-state index is 0.575. The lowest BCUT2D eigenvalue weighted by Crippen LogP contribution is -2.27. The quantitative estimate of drug-likeness (QED) is 0.889. The molecule has 2 aromatic rings. The van der Waals surface area contributed by atoms with Crippen LogP contribution in [0.3, 0.4) is 0 Å². The number of nitrogens with zero attached hydrogens (tertiary/aromatic N) is 2. The van der Waals surface area contributed by atoms with Crippen molar-refractivity contribution in [3.63, 3.8) is 0 Å². The van der Waals surface area contributed by atoms with Crippen LogP contribution in [-0.2, 0) is 0 Å². The van der Waals surface area contributed by atoms with Crippen molar-refractivity contribution in [2.75, 3.05) is 38.6 Å². The third kappa shape index (κ3) is 3.57. The summed E-state index contributed by atoms with van der Waals surface area (Å²) in [5.74, 6) is 2.54. The maximum Gasteiger partial charge on any atom is 0.125 e. The van der Waals surface area contributed by atoms with Crippen molar-refractivity contribution in [1.82, 2.24) is 9.88 Å². The first-order valence-electron chi connectivity index (χ1n) is 7.87. The van der Waals surface area contributed by atoms with Crippen LogP contribution in [0.25, 0.3) is 0 Å². The number of rotatable bonds is 6. The van der Waals surface area contributed by atoms with E-state index in [1.165, 1.54) is 12.0 Å². The number of pyridine rings is 1. The van der Waals surface area contributed by atoms with Crippen LogP contribution in [0.1, 0.15) is 17.9 Å². The van der Waals surface area contributed by atoms with Crippen molar-refractivity contribution < 1.29 is 4.74 Å². The third-order valence-corrected chi connectivity index (χ3v) is 4.25. The Kier molecular flexibility index (Phi) is 4.91. The van der Waals surface area contributed by atoms with Gasteiger partial charge in [-0.1, -0.05) is 24.3 Å². The minimum absolute atomic E-state index is 0.575. The van der Waals surface area contributed by atoms with Crippen LogP contribution in [0.2, 0.25) is 0 Å². The van der Waals surface area contributed by atoms with Gasteiger partial charge in [-0.2, -0.15) is 0 Å². The number of aromatic nitrogens is 1. The van der Waals surface area contributed by atoms with E-state index in [2.05, 4.69) is 33.4 Å². The summed E-state index contributed by atoms with van der Waals surface area (Å²) in [5.41, 5.74) is 1.34. The van der Waals surface area contributed by atoms with Gasteiger partial charge in [-0.25, -0.2) is 4.98 Å². The van der Waals surface area contributed by atoms with Gasteiger partial charge in [-0.05, 0) is 36.7 Å². The third-order valence-electron chi connectivity index (χ3n) is 4.25. The lowest BCUT2D eigenvalue weighted by Gasteiger charge is -2.18. The SMILES string of the molecule is COc1ccccc1[C@@H]1CCN(CCNc2ccccn2)C1. The highest BCUT2D eigenvalue weighted by molar-refractivity contribution is 5.37. The minimum Gasteiger partial charge on any atom is -0.496 e. The van der Waals surface area contributed by atoms with Gasteiger partial charge in [0.1, 0.15) is 11.6 Å². The Hall–Kier alpha value is -2.07. The maximum atomic E-state index is 5.49. The molecule has 1 aromatic carbocycles. The van der Waals surface area contributed by atoms with Gasteiger partial charge in [0.25, 0.3) is 0 Å². The average molecular weight is 297 g/mol. The van der Waals surface area contributed by atoms with E-state index in [4.69, 9.17) is 4.74 Å². The molecule has 22 heavy (non-hydrogen) atoms. The number of methoxy groups -OCH3 is 1. The lowest BCUT2D eigenvalue weighted by atomic mass is 9.97. The first kappa shape index (κ1) is 14.9. The standard InChI is InChI=1S/C18H23N3O/c1-22-17-7-3-2-6-16(17)15-9-12-21(14-15)13-11-20-18-8-4-5-10-19-18/h2-8,10,15H,9,11-14H2,1H3,(H,19,20)/t15-/m1/s1. The Labute approximate surface area is 132 Å². The molecule has 4 nitrogen and oxygen atoms in total. The highest BCUT2D eigenvalue weighted by Crippen LogP contribution is 2.33. The van der Waals surface area contributed by atoms with Gasteiger partial charge in [0, 0.05) is 31.7 Å². The molecule has 1 aliphatic heterocycles. The zero-order chi connectivity index (χ0) is 15.2. The van der Waals surface area contributed by atoms with Crippen molar-refractivity contribution in [3.8, 4) is 5.75 Å². The summed E-state index contributed by atoms with van der Waals surface area (Å²) >= 11 is 0. The summed E-state index contributed by atoms with van der Waals surface area (Å²) in [4.78, 5) is 6.79. The van der Waals surface area contributed by atoms with E-state index in [1.54, 1.807) is 7.11 Å². The summed E-state index contributed by atoms with van der Waals surface area (Å²) in [6.45, 7) is 4.22. The predicted molar refractivity (Wildman–Crippen MR) is 89.5 cm³/mol. The molecule has 116 valence electrons. The molecule has 1 atom stereocenters. The number of benzene rings is 1. The monoisotopic (exact) mass is 297 g/mol. The summed E-state index contributed by atoms with van der Waals surface area (Å²) < 4.78 is 5.49. The zero-order valence-electron chi connectivity index (χ0n) is 13.0. The molecule has 1 N–H and O–H groups in total. The maximum absolute atomic E-state index is 5.49. The second-order valence-corrected chi connectivity index (χ2v) is 5.67. The Balaban J connectivity index is 1.50. The average Bonchev–Trinajstić information content (AvgIpc) is 3.04. The van der Waals surface area contributed by atoms with Gasteiger partial charge < -0.3 is 15.0 Å². The first-order chi connectivity index (χ1) is 10.9. The van der Waals surface area contributed by atoms with Crippen LogP contribution in [0, 0.1) is 0 Å². The molecule has 0 aliphatic carbocycles. The van der Waals surface area contributed by atoms with Crippen LogP contribution in [0.5, 0.6) is 5.75 Å². The molecule has 0 unspecified atom stereocenters. The van der Waals surface area contributed by atoms with E-state index >= 15 is 0 Å². The Morgan fingerprint density at radius 1 is 1.23 bits per heavy atom. The van der Waals surface area contributed by atoms with E-state index in [1.807, 2.05) is 30.5 Å². The Bertz CT molecular complexity index is 588. The van der Waals surface area contributed by atoms with E-state index in [-0.39, 0.29) is 0 Å². The second kappa shape index (κ2) is 7.27. The molecule has 2 heterocycles. The molecule has 0 amide bonds. The number of hydrogen-bond donors (Lipinski definition) is 1. The molecule has 1 aliphatic rings. The topological polar surface area (TPSA) is 37.4 Å². The highest BCUT2D eigenvalue weighted by atomic mass is 16.5. The molecule has 1 saturated heterocycles. The Morgan fingerprint density at radius 3 is 2.91 bits per heavy atom. The molecule has 3 rings (SSSR count). The van der Waals surface area contributed by atoms with E-state index < -0.39 is 0 Å². The number of likely N-dealkylation sites (tertiary alicyclic amines) is 1. The van der Waals surface area contributed by atoms with Gasteiger partial charge in [0.05, 0.1) is 7.11 Å². The summed E-state index contributed by atoms with van der Waals surface area (Å²) in [5, 5.41) is 3.37. The first-order valence-corrected chi connectivity index (χ1v) is 7.87. The molecule has 1 fully saturated rings. The van der Waals surface area contributed by atoms with Gasteiger partial charge in [-0.15, -0.1) is 0 Å². The number of hydrogen-bond acceptors (Lipinski definition) is 4. The largest absolute Gasteiger partial charge is 0.496 e. The van der Waals surface area contributed by atoms with Crippen molar-refractivity contribution >= 4 is 5.82 Å². The fourth-order valence-corrected chi connectivity index (χ4v) is 3.10. The van der Waals surface area contributed by atoms with Crippen molar-refractivity contribution in [1.29, 1.82) is 0 Å². The van der Waals surface area contributed by atoms with E-state index in [0.717, 1.165) is 37.7 Å². The lowest BCUT2D eigenvalue weighted by molar-refractivity contribution is 0.345. The van der Waals surface area contributed by atoms with Gasteiger partial charge in [0.15, 0.2) is 0 Å². The Morgan fingerprint density at radius 2 is 2.09 bits per heavy atom. The van der Waals surface area contributed by atoms with Gasteiger partial charge in [-0.3, -0.25) is 0 Å². The van der Waals surface area contributed by atoms with Crippen LogP contribution >= 0.6 is 0 Å². The van der Waals surface area contributed by atoms with Crippen molar-refractivity contribution in [3.05, 3.63) is 54.2 Å². The zero-order valence-corrected chi connectivity index (χ0v) is 13.0. The van der Waals surface area contributed by atoms with Crippen molar-refractivity contribution in [2.24, 2.45) is 0 Å². The van der Waals surface area contributed by atoms with Crippen LogP contribution < -0.4 is 10.1 Å². The van der Waals surface area contributed by atoms with Gasteiger partial charge in [0.2, 0.25) is 0 Å². The number of para-hydroxylation sites is 1. The summed E-state index contributed by atoms with van der Waals surface area (Å²) in [6, 6.07) is 14.3. The second-order valence-electron chi connectivity index (χ2n) is 5.67. The summed E-state index contributed by atoms with van der Waals surface area (Å²) in [7, 11) is 1.75. The predicted octanol–water partition coefficient (Wildman–Crippen LogP) is 2.99. The van der Waals surface area contributed by atoms with E-state index in [0.29, 0.717) is 5.92 Å².